The molecule has 21 heavy (non-hydrogen) atoms. The van der Waals surface area contributed by atoms with Crippen LogP contribution in [-0.4, -0.2) is 5.91 Å². The molecule has 0 saturated carbocycles. The molecule has 0 atom stereocenters. The lowest BCUT2D eigenvalue weighted by Crippen LogP contribution is -2.11. The van der Waals surface area contributed by atoms with Crippen molar-refractivity contribution in [2.45, 2.75) is 0 Å². The third-order valence-electron chi connectivity index (χ3n) is 2.92. The number of anilines is 1. The van der Waals surface area contributed by atoms with Gasteiger partial charge in [-0.1, -0.05) is 29.8 Å². The molecular formula is C15H8ClFINOS. The molecule has 2 nitrogen and oxygen atoms in total. The highest BCUT2D eigenvalue weighted by atomic mass is 127. The second-order valence-electron chi connectivity index (χ2n) is 4.32. The molecule has 106 valence electrons. The van der Waals surface area contributed by atoms with Crippen LogP contribution in [-0.2, 0) is 0 Å². The van der Waals surface area contributed by atoms with E-state index in [2.05, 4.69) is 5.32 Å². The van der Waals surface area contributed by atoms with Crippen molar-refractivity contribution in [3.8, 4) is 0 Å². The van der Waals surface area contributed by atoms with E-state index in [1.165, 1.54) is 23.5 Å². The summed E-state index contributed by atoms with van der Waals surface area (Å²) in [7, 11) is 0. The van der Waals surface area contributed by atoms with Crippen LogP contribution in [0.5, 0.6) is 0 Å². The lowest BCUT2D eigenvalue weighted by molar-refractivity contribution is 0.103. The van der Waals surface area contributed by atoms with Gasteiger partial charge in [-0.2, -0.15) is 0 Å². The Kier molecular flexibility index (Phi) is 4.14. The minimum Gasteiger partial charge on any atom is -0.319 e. The van der Waals surface area contributed by atoms with Crippen LogP contribution in [0.15, 0.2) is 42.5 Å². The van der Waals surface area contributed by atoms with Gasteiger partial charge in [-0.3, -0.25) is 4.79 Å². The Morgan fingerprint density at radius 3 is 2.71 bits per heavy atom. The van der Waals surface area contributed by atoms with Crippen molar-refractivity contribution in [1.29, 1.82) is 0 Å². The van der Waals surface area contributed by atoms with Gasteiger partial charge in [0, 0.05) is 13.7 Å². The number of benzene rings is 2. The molecule has 0 aliphatic carbocycles. The van der Waals surface area contributed by atoms with E-state index in [1.54, 1.807) is 6.07 Å². The van der Waals surface area contributed by atoms with Crippen LogP contribution in [0, 0.1) is 9.39 Å². The number of carbonyl (C=O) groups is 1. The summed E-state index contributed by atoms with van der Waals surface area (Å²) in [5.74, 6) is -0.867. The number of thiophene rings is 1. The lowest BCUT2D eigenvalue weighted by atomic mass is 10.2. The van der Waals surface area contributed by atoms with E-state index in [1.807, 2.05) is 46.9 Å². The monoisotopic (exact) mass is 431 g/mol. The molecule has 3 aromatic rings. The molecule has 0 saturated heterocycles. The Labute approximate surface area is 143 Å². The summed E-state index contributed by atoms with van der Waals surface area (Å²) in [6.45, 7) is 0. The van der Waals surface area contributed by atoms with E-state index in [4.69, 9.17) is 11.6 Å². The van der Waals surface area contributed by atoms with Crippen LogP contribution in [0.3, 0.4) is 0 Å². The predicted molar refractivity (Wildman–Crippen MR) is 93.9 cm³/mol. The Morgan fingerprint density at radius 1 is 1.24 bits per heavy atom. The first kappa shape index (κ1) is 14.7. The molecule has 0 unspecified atom stereocenters. The van der Waals surface area contributed by atoms with Crippen LogP contribution in [0.4, 0.5) is 10.1 Å². The number of amides is 1. The first-order valence-electron chi connectivity index (χ1n) is 5.99. The SMILES string of the molecule is O=C(Nc1ccc(I)cc1F)c1sc2ccccc2c1Cl. The predicted octanol–water partition coefficient (Wildman–Crippen LogP) is 5.55. The summed E-state index contributed by atoms with van der Waals surface area (Å²) < 4.78 is 15.5. The molecule has 1 aromatic heterocycles. The number of fused-ring (bicyclic) bond motifs is 1. The molecule has 0 spiro atoms. The fourth-order valence-electron chi connectivity index (χ4n) is 1.93. The maximum Gasteiger partial charge on any atom is 0.267 e. The normalized spacial score (nSPS) is 10.8. The van der Waals surface area contributed by atoms with Crippen LogP contribution < -0.4 is 5.32 Å². The molecule has 0 aliphatic heterocycles. The van der Waals surface area contributed by atoms with Gasteiger partial charge in [0.05, 0.1) is 10.7 Å². The number of carbonyl (C=O) groups excluding carboxylic acids is 1. The molecule has 3 rings (SSSR count). The zero-order chi connectivity index (χ0) is 15.0. The molecule has 1 N–H and O–H groups in total. The lowest BCUT2D eigenvalue weighted by Gasteiger charge is -2.05. The minimum absolute atomic E-state index is 0.147. The smallest absolute Gasteiger partial charge is 0.267 e. The third kappa shape index (κ3) is 2.90. The van der Waals surface area contributed by atoms with Gasteiger partial charge in [0.15, 0.2) is 0 Å². The number of hydrogen-bond donors (Lipinski definition) is 1. The molecule has 2 aromatic carbocycles. The molecule has 0 fully saturated rings. The topological polar surface area (TPSA) is 29.1 Å². The Balaban J connectivity index is 1.95. The largest absolute Gasteiger partial charge is 0.319 e. The zero-order valence-electron chi connectivity index (χ0n) is 10.5. The highest BCUT2D eigenvalue weighted by Gasteiger charge is 2.18. The van der Waals surface area contributed by atoms with Crippen LogP contribution in [0.2, 0.25) is 5.02 Å². The standard InChI is InChI=1S/C15H8ClFINOS/c16-13-9-3-1-2-4-12(9)21-14(13)15(20)19-11-6-5-8(18)7-10(11)17/h1-7H,(H,19,20). The molecule has 6 heteroatoms. The van der Waals surface area contributed by atoms with Crippen LogP contribution >= 0.6 is 45.5 Å². The average molecular weight is 432 g/mol. The van der Waals surface area contributed by atoms with Crippen molar-refractivity contribution >= 4 is 67.2 Å². The average Bonchev–Trinajstić information content (AvgIpc) is 2.80. The summed E-state index contributed by atoms with van der Waals surface area (Å²) in [5.41, 5.74) is 0.147. The van der Waals surface area contributed by atoms with Crippen molar-refractivity contribution in [3.63, 3.8) is 0 Å². The van der Waals surface area contributed by atoms with Crippen LogP contribution in [0.25, 0.3) is 10.1 Å². The number of hydrogen-bond acceptors (Lipinski definition) is 2. The van der Waals surface area contributed by atoms with Crippen molar-refractivity contribution in [3.05, 3.63) is 61.8 Å². The quantitative estimate of drug-likeness (QED) is 0.530. The maximum atomic E-state index is 13.8. The van der Waals surface area contributed by atoms with E-state index in [9.17, 15) is 9.18 Å². The number of nitrogens with one attached hydrogen (secondary N) is 1. The Bertz CT molecular complexity index is 849. The number of halogens is 3. The molecule has 1 amide bonds. The summed E-state index contributed by atoms with van der Waals surface area (Å²) in [5, 5.41) is 3.80. The summed E-state index contributed by atoms with van der Waals surface area (Å²) >= 11 is 9.54. The first-order chi connectivity index (χ1) is 10.1. The van der Waals surface area contributed by atoms with Crippen LogP contribution in [0.1, 0.15) is 9.67 Å². The van der Waals surface area contributed by atoms with Gasteiger partial charge in [0.25, 0.3) is 5.91 Å². The first-order valence-corrected chi connectivity index (χ1v) is 8.27. The minimum atomic E-state index is -0.465. The van der Waals surface area contributed by atoms with Crippen molar-refractivity contribution in [2.75, 3.05) is 5.32 Å². The molecule has 0 bridgehead atoms. The van der Waals surface area contributed by atoms with E-state index in [-0.39, 0.29) is 5.69 Å². The van der Waals surface area contributed by atoms with E-state index in [0.717, 1.165) is 13.7 Å². The summed E-state index contributed by atoms with van der Waals surface area (Å²) in [6, 6.07) is 12.1. The van der Waals surface area contributed by atoms with Crippen molar-refractivity contribution in [2.24, 2.45) is 0 Å². The maximum absolute atomic E-state index is 13.8. The van der Waals surface area contributed by atoms with Gasteiger partial charge in [-0.05, 0) is 46.9 Å². The summed E-state index contributed by atoms with van der Waals surface area (Å²) in [4.78, 5) is 12.7. The molecular weight excluding hydrogens is 424 g/mol. The third-order valence-corrected chi connectivity index (χ3v) is 5.27. The van der Waals surface area contributed by atoms with Gasteiger partial charge in [-0.25, -0.2) is 4.39 Å². The molecule has 0 aliphatic rings. The highest BCUT2D eigenvalue weighted by molar-refractivity contribution is 14.1. The zero-order valence-corrected chi connectivity index (χ0v) is 14.2. The van der Waals surface area contributed by atoms with Gasteiger partial charge in [0.2, 0.25) is 0 Å². The summed E-state index contributed by atoms with van der Waals surface area (Å²) in [6.07, 6.45) is 0. The second-order valence-corrected chi connectivity index (χ2v) is 7.00. The van der Waals surface area contributed by atoms with Gasteiger partial charge in [-0.15, -0.1) is 11.3 Å². The van der Waals surface area contributed by atoms with Crippen molar-refractivity contribution < 1.29 is 9.18 Å². The van der Waals surface area contributed by atoms with Crippen molar-refractivity contribution in [1.82, 2.24) is 0 Å². The van der Waals surface area contributed by atoms with Gasteiger partial charge in [0.1, 0.15) is 10.7 Å². The van der Waals surface area contributed by atoms with E-state index < -0.39 is 11.7 Å². The fourth-order valence-corrected chi connectivity index (χ4v) is 3.80. The van der Waals surface area contributed by atoms with E-state index in [0.29, 0.717) is 9.90 Å². The molecule has 1 heterocycles. The Hall–Kier alpha value is -1.18. The van der Waals surface area contributed by atoms with E-state index >= 15 is 0 Å². The fraction of sp³-hybridized carbons (Fsp3) is 0. The van der Waals surface area contributed by atoms with Gasteiger partial charge >= 0.3 is 0 Å². The molecule has 0 radical (unpaired) electrons. The number of rotatable bonds is 2. The second kappa shape index (κ2) is 5.90. The highest BCUT2D eigenvalue weighted by Crippen LogP contribution is 2.35. The van der Waals surface area contributed by atoms with Gasteiger partial charge < -0.3 is 5.32 Å². The Morgan fingerprint density at radius 2 is 2.00 bits per heavy atom.